The first-order chi connectivity index (χ1) is 5.72. The molecule has 0 spiro atoms. The van der Waals surface area contributed by atoms with Gasteiger partial charge in [0.25, 0.3) is 0 Å². The lowest BCUT2D eigenvalue weighted by atomic mass is 10.4. The van der Waals surface area contributed by atoms with Gasteiger partial charge in [0.15, 0.2) is 0 Å². The molecule has 1 unspecified atom stereocenters. The van der Waals surface area contributed by atoms with Gasteiger partial charge in [-0.3, -0.25) is 10.1 Å². The summed E-state index contributed by atoms with van der Waals surface area (Å²) in [5.74, 6) is 0.106. The van der Waals surface area contributed by atoms with E-state index in [9.17, 15) is 4.79 Å². The molecule has 4 nitrogen and oxygen atoms in total. The third-order valence-corrected chi connectivity index (χ3v) is 2.45. The van der Waals surface area contributed by atoms with Crippen LogP contribution in [0.25, 0.3) is 0 Å². The van der Waals surface area contributed by atoms with Crippen molar-refractivity contribution in [1.29, 1.82) is 0 Å². The highest BCUT2D eigenvalue weighted by molar-refractivity contribution is 8.03. The fourth-order valence-corrected chi connectivity index (χ4v) is 1.62. The third kappa shape index (κ3) is 2.84. The van der Waals surface area contributed by atoms with Crippen LogP contribution in [-0.4, -0.2) is 29.5 Å². The summed E-state index contributed by atoms with van der Waals surface area (Å²) in [4.78, 5) is 11.5. The van der Waals surface area contributed by atoms with Gasteiger partial charge >= 0.3 is 0 Å². The minimum Gasteiger partial charge on any atom is -0.391 e. The summed E-state index contributed by atoms with van der Waals surface area (Å²) >= 11 is 1.49. The molecule has 0 saturated carbocycles. The standard InChI is InChI=1S/C7H12N2O2S/c1-5(11)2-8-7-9-3-6(4-10)12-7/h3,7-10H,2,4H2,1H3. The van der Waals surface area contributed by atoms with Crippen molar-refractivity contribution in [3.05, 3.63) is 11.1 Å². The van der Waals surface area contributed by atoms with Gasteiger partial charge in [-0.2, -0.15) is 0 Å². The highest BCUT2D eigenvalue weighted by atomic mass is 32.2. The molecule has 1 aliphatic rings. The fraction of sp³-hybridized carbons (Fsp3) is 0.571. The molecule has 1 rings (SSSR count). The van der Waals surface area contributed by atoms with Gasteiger partial charge in [0.05, 0.1) is 13.2 Å². The van der Waals surface area contributed by atoms with Crippen molar-refractivity contribution >= 4 is 17.5 Å². The van der Waals surface area contributed by atoms with Crippen molar-refractivity contribution in [2.45, 2.75) is 12.4 Å². The summed E-state index contributed by atoms with van der Waals surface area (Å²) in [7, 11) is 0. The van der Waals surface area contributed by atoms with Crippen molar-refractivity contribution in [2.24, 2.45) is 0 Å². The predicted molar refractivity (Wildman–Crippen MR) is 48.4 cm³/mol. The van der Waals surface area contributed by atoms with Gasteiger partial charge in [0, 0.05) is 11.1 Å². The maximum absolute atomic E-state index is 10.6. The zero-order valence-corrected chi connectivity index (χ0v) is 7.65. The Kier molecular flexibility index (Phi) is 3.58. The number of Topliss-reactive ketones (excluding diaryl/α,β-unsaturated/α-hetero) is 1. The maximum atomic E-state index is 10.6. The van der Waals surface area contributed by atoms with Gasteiger partial charge in [0.1, 0.15) is 11.3 Å². The van der Waals surface area contributed by atoms with E-state index in [1.54, 1.807) is 6.20 Å². The molecule has 0 radical (unpaired) electrons. The van der Waals surface area contributed by atoms with E-state index in [-0.39, 0.29) is 17.9 Å². The van der Waals surface area contributed by atoms with E-state index in [1.165, 1.54) is 18.7 Å². The predicted octanol–water partition coefficient (Wildman–Crippen LogP) is -0.381. The van der Waals surface area contributed by atoms with Crippen LogP contribution in [0.5, 0.6) is 0 Å². The molecule has 0 aliphatic carbocycles. The molecule has 1 atom stereocenters. The highest BCUT2D eigenvalue weighted by Crippen LogP contribution is 2.22. The molecule has 0 amide bonds. The Hall–Kier alpha value is -0.520. The van der Waals surface area contributed by atoms with Crippen LogP contribution in [0.4, 0.5) is 0 Å². The van der Waals surface area contributed by atoms with E-state index in [1.807, 2.05) is 0 Å². The summed E-state index contributed by atoms with van der Waals surface area (Å²) in [5.41, 5.74) is 0.0241. The Morgan fingerprint density at radius 2 is 2.67 bits per heavy atom. The molecule has 3 N–H and O–H groups in total. The van der Waals surface area contributed by atoms with Crippen LogP contribution < -0.4 is 10.6 Å². The summed E-state index contributed by atoms with van der Waals surface area (Å²) in [6.45, 7) is 1.94. The average molecular weight is 188 g/mol. The largest absolute Gasteiger partial charge is 0.391 e. The Balaban J connectivity index is 2.18. The van der Waals surface area contributed by atoms with Crippen molar-refractivity contribution < 1.29 is 9.90 Å². The lowest BCUT2D eigenvalue weighted by molar-refractivity contribution is -0.116. The first-order valence-electron chi connectivity index (χ1n) is 3.68. The van der Waals surface area contributed by atoms with Crippen molar-refractivity contribution in [3.63, 3.8) is 0 Å². The fourth-order valence-electron chi connectivity index (χ4n) is 0.808. The smallest absolute Gasteiger partial charge is 0.143 e. The molecule has 1 aliphatic heterocycles. The molecular formula is C7H12N2O2S. The normalized spacial score (nSPS) is 21.8. The van der Waals surface area contributed by atoms with E-state index in [2.05, 4.69) is 10.6 Å². The molecule has 0 aromatic carbocycles. The molecular weight excluding hydrogens is 176 g/mol. The monoisotopic (exact) mass is 188 g/mol. The van der Waals surface area contributed by atoms with Gasteiger partial charge in [-0.25, -0.2) is 0 Å². The van der Waals surface area contributed by atoms with Crippen molar-refractivity contribution in [2.75, 3.05) is 13.2 Å². The molecule has 12 heavy (non-hydrogen) atoms. The van der Waals surface area contributed by atoms with Crippen LogP contribution in [0.2, 0.25) is 0 Å². The molecule has 1 heterocycles. The van der Waals surface area contributed by atoms with Gasteiger partial charge in [-0.05, 0) is 6.92 Å². The Morgan fingerprint density at radius 3 is 3.17 bits per heavy atom. The Morgan fingerprint density at radius 1 is 1.92 bits per heavy atom. The number of ketones is 1. The van der Waals surface area contributed by atoms with E-state index in [0.29, 0.717) is 6.54 Å². The molecule has 0 saturated heterocycles. The molecule has 0 bridgehead atoms. The van der Waals surface area contributed by atoms with Gasteiger partial charge in [-0.1, -0.05) is 11.8 Å². The summed E-state index contributed by atoms with van der Waals surface area (Å²) in [6.07, 6.45) is 1.75. The second-order valence-electron chi connectivity index (χ2n) is 2.52. The summed E-state index contributed by atoms with van der Waals surface area (Å²) < 4.78 is 0. The van der Waals surface area contributed by atoms with Crippen molar-refractivity contribution in [3.8, 4) is 0 Å². The Labute approximate surface area is 75.4 Å². The minimum absolute atomic E-state index is 0.0241. The number of thioether (sulfide) groups is 1. The van der Waals surface area contributed by atoms with E-state index in [4.69, 9.17) is 5.11 Å². The molecule has 0 fully saturated rings. The number of aliphatic hydroxyl groups is 1. The summed E-state index contributed by atoms with van der Waals surface area (Å²) in [5, 5.41) is 14.7. The number of aliphatic hydroxyl groups excluding tert-OH is 1. The van der Waals surface area contributed by atoms with Crippen LogP contribution in [0.3, 0.4) is 0 Å². The number of nitrogens with one attached hydrogen (secondary N) is 2. The van der Waals surface area contributed by atoms with E-state index in [0.717, 1.165) is 4.91 Å². The molecule has 5 heteroatoms. The third-order valence-electron chi connectivity index (χ3n) is 1.36. The number of hydrogen-bond acceptors (Lipinski definition) is 5. The van der Waals surface area contributed by atoms with Gasteiger partial charge in [-0.15, -0.1) is 0 Å². The number of hydrogen-bond donors (Lipinski definition) is 3. The second kappa shape index (κ2) is 4.49. The quantitative estimate of drug-likeness (QED) is 0.561. The average Bonchev–Trinajstić information content (AvgIpc) is 2.48. The molecule has 0 aromatic heterocycles. The van der Waals surface area contributed by atoms with Crippen LogP contribution in [0, 0.1) is 0 Å². The second-order valence-corrected chi connectivity index (χ2v) is 3.75. The van der Waals surface area contributed by atoms with Crippen LogP contribution >= 0.6 is 11.8 Å². The van der Waals surface area contributed by atoms with Crippen LogP contribution in [-0.2, 0) is 4.79 Å². The van der Waals surface area contributed by atoms with Crippen LogP contribution in [0.1, 0.15) is 6.92 Å². The van der Waals surface area contributed by atoms with Gasteiger partial charge < -0.3 is 10.4 Å². The number of carbonyl (C=O) groups is 1. The van der Waals surface area contributed by atoms with E-state index >= 15 is 0 Å². The van der Waals surface area contributed by atoms with E-state index < -0.39 is 0 Å². The minimum atomic E-state index is 0.0241. The lowest BCUT2D eigenvalue weighted by Crippen LogP contribution is -2.36. The molecule has 68 valence electrons. The first kappa shape index (κ1) is 9.57. The SMILES string of the molecule is CC(=O)CNC1NC=C(CO)S1. The zero-order chi connectivity index (χ0) is 8.97. The topological polar surface area (TPSA) is 61.4 Å². The lowest BCUT2D eigenvalue weighted by Gasteiger charge is -2.10. The first-order valence-corrected chi connectivity index (χ1v) is 4.56. The highest BCUT2D eigenvalue weighted by Gasteiger charge is 2.15. The van der Waals surface area contributed by atoms with Crippen molar-refractivity contribution in [1.82, 2.24) is 10.6 Å². The Bertz CT molecular complexity index is 206. The number of rotatable bonds is 4. The summed E-state index contributed by atoms with van der Waals surface area (Å²) in [6, 6.07) is 0. The van der Waals surface area contributed by atoms with Gasteiger partial charge in [0.2, 0.25) is 0 Å². The number of carbonyl (C=O) groups excluding carboxylic acids is 1. The zero-order valence-electron chi connectivity index (χ0n) is 6.83. The molecule has 0 aromatic rings. The maximum Gasteiger partial charge on any atom is 0.143 e. The van der Waals surface area contributed by atoms with Crippen LogP contribution in [0.15, 0.2) is 11.1 Å².